The van der Waals surface area contributed by atoms with Gasteiger partial charge in [0.2, 0.25) is 0 Å². The van der Waals surface area contributed by atoms with Crippen LogP contribution in [0.25, 0.3) is 0 Å². The number of hydrogen-bond acceptors (Lipinski definition) is 5. The maximum Gasteiger partial charge on any atom is 0.316 e. The molecule has 0 amide bonds. The first kappa shape index (κ1) is 13.6. The third-order valence-corrected chi connectivity index (χ3v) is 3.89. The van der Waals surface area contributed by atoms with Crippen molar-refractivity contribution in [2.75, 3.05) is 10.3 Å². The molecule has 1 heterocycles. The van der Waals surface area contributed by atoms with E-state index in [9.17, 15) is 10.1 Å². The van der Waals surface area contributed by atoms with E-state index in [-0.39, 0.29) is 10.6 Å². The summed E-state index contributed by atoms with van der Waals surface area (Å²) in [6.45, 7) is 4.23. The average molecular weight is 264 g/mol. The highest BCUT2D eigenvalue weighted by Crippen LogP contribution is 2.41. The second-order valence-electron chi connectivity index (χ2n) is 4.97. The van der Waals surface area contributed by atoms with Crippen molar-refractivity contribution < 1.29 is 4.92 Å². The van der Waals surface area contributed by atoms with E-state index in [4.69, 9.17) is 5.84 Å². The Bertz CT molecular complexity index is 478. The molecular weight excluding hydrogens is 244 g/mol. The van der Waals surface area contributed by atoms with Crippen LogP contribution in [0.1, 0.15) is 33.1 Å². The lowest BCUT2D eigenvalue weighted by atomic mass is 10.1. The molecule has 2 rings (SSSR count). The third-order valence-electron chi connectivity index (χ3n) is 3.89. The second-order valence-corrected chi connectivity index (χ2v) is 4.97. The molecule has 1 aliphatic heterocycles. The molecule has 6 heteroatoms. The first-order valence-corrected chi connectivity index (χ1v) is 6.62. The SMILES string of the molecule is CCC1CCC(C)N1c1cccc(NN)c1[N+](=O)[O-]. The molecule has 1 aromatic carbocycles. The summed E-state index contributed by atoms with van der Waals surface area (Å²) < 4.78 is 0. The fourth-order valence-corrected chi connectivity index (χ4v) is 2.95. The highest BCUT2D eigenvalue weighted by molar-refractivity contribution is 5.77. The summed E-state index contributed by atoms with van der Waals surface area (Å²) in [6, 6.07) is 5.92. The zero-order valence-electron chi connectivity index (χ0n) is 11.3. The molecule has 6 nitrogen and oxygen atoms in total. The van der Waals surface area contributed by atoms with Gasteiger partial charge in [-0.3, -0.25) is 16.0 Å². The zero-order chi connectivity index (χ0) is 14.0. The van der Waals surface area contributed by atoms with Gasteiger partial charge in [-0.2, -0.15) is 0 Å². The molecule has 0 aliphatic carbocycles. The van der Waals surface area contributed by atoms with Crippen molar-refractivity contribution in [1.82, 2.24) is 0 Å². The molecule has 104 valence electrons. The van der Waals surface area contributed by atoms with Gasteiger partial charge in [0.25, 0.3) is 0 Å². The number of para-hydroxylation sites is 1. The smallest absolute Gasteiger partial charge is 0.316 e. The van der Waals surface area contributed by atoms with E-state index < -0.39 is 0 Å². The standard InChI is InChI=1S/C13H20N4O2/c1-3-10-8-7-9(2)16(10)12-6-4-5-11(15-14)13(12)17(18)19/h4-6,9-10,15H,3,7-8,14H2,1-2H3. The Morgan fingerprint density at radius 1 is 1.53 bits per heavy atom. The summed E-state index contributed by atoms with van der Waals surface area (Å²) in [7, 11) is 0. The topological polar surface area (TPSA) is 84.4 Å². The molecule has 0 saturated carbocycles. The van der Waals surface area contributed by atoms with Crippen molar-refractivity contribution in [3.63, 3.8) is 0 Å². The van der Waals surface area contributed by atoms with Gasteiger partial charge in [-0.25, -0.2) is 0 Å². The monoisotopic (exact) mass is 264 g/mol. The van der Waals surface area contributed by atoms with Crippen molar-refractivity contribution >= 4 is 17.1 Å². The molecule has 19 heavy (non-hydrogen) atoms. The van der Waals surface area contributed by atoms with E-state index in [1.165, 1.54) is 0 Å². The third kappa shape index (κ3) is 2.35. The van der Waals surface area contributed by atoms with Gasteiger partial charge in [-0.15, -0.1) is 0 Å². The molecule has 3 N–H and O–H groups in total. The Morgan fingerprint density at radius 3 is 2.84 bits per heavy atom. The Kier molecular flexibility index (Phi) is 3.90. The number of benzene rings is 1. The first-order valence-electron chi connectivity index (χ1n) is 6.62. The van der Waals surface area contributed by atoms with Crippen LogP contribution in [0, 0.1) is 10.1 Å². The van der Waals surface area contributed by atoms with Crippen LogP contribution in [0.4, 0.5) is 17.1 Å². The summed E-state index contributed by atoms with van der Waals surface area (Å²) in [4.78, 5) is 13.2. The summed E-state index contributed by atoms with van der Waals surface area (Å²) >= 11 is 0. The number of nitrogens with zero attached hydrogens (tertiary/aromatic N) is 2. The predicted molar refractivity (Wildman–Crippen MR) is 76.2 cm³/mol. The van der Waals surface area contributed by atoms with Crippen LogP contribution in [0.15, 0.2) is 18.2 Å². The number of nitrogens with two attached hydrogens (primary N) is 1. The van der Waals surface area contributed by atoms with Crippen molar-refractivity contribution in [3.05, 3.63) is 28.3 Å². The molecule has 0 radical (unpaired) electrons. The van der Waals surface area contributed by atoms with E-state index >= 15 is 0 Å². The maximum absolute atomic E-state index is 11.3. The molecule has 0 bridgehead atoms. The highest BCUT2D eigenvalue weighted by atomic mass is 16.6. The normalized spacial score (nSPS) is 22.6. The number of rotatable bonds is 4. The molecular formula is C13H20N4O2. The Hall–Kier alpha value is -1.82. The van der Waals surface area contributed by atoms with Gasteiger partial charge < -0.3 is 10.3 Å². The fraction of sp³-hybridized carbons (Fsp3) is 0.538. The lowest BCUT2D eigenvalue weighted by Gasteiger charge is -2.30. The number of nitro benzene ring substituents is 1. The molecule has 1 aliphatic rings. The summed E-state index contributed by atoms with van der Waals surface area (Å²) in [5.41, 5.74) is 3.51. The molecule has 0 spiro atoms. The van der Waals surface area contributed by atoms with E-state index in [0.29, 0.717) is 23.5 Å². The Labute approximate surface area is 112 Å². The Balaban J connectivity index is 2.52. The molecule has 1 aromatic rings. The predicted octanol–water partition coefficient (Wildman–Crippen LogP) is 2.65. The number of anilines is 2. The van der Waals surface area contributed by atoms with E-state index in [1.54, 1.807) is 12.1 Å². The fourth-order valence-electron chi connectivity index (χ4n) is 2.95. The van der Waals surface area contributed by atoms with Crippen LogP contribution in [0.2, 0.25) is 0 Å². The van der Waals surface area contributed by atoms with Crippen LogP contribution < -0.4 is 16.2 Å². The van der Waals surface area contributed by atoms with Crippen LogP contribution >= 0.6 is 0 Å². The average Bonchev–Trinajstić information content (AvgIpc) is 2.78. The lowest BCUT2D eigenvalue weighted by molar-refractivity contribution is -0.383. The lowest BCUT2D eigenvalue weighted by Crippen LogP contribution is -2.34. The number of hydrazine groups is 1. The van der Waals surface area contributed by atoms with Crippen LogP contribution in [-0.4, -0.2) is 17.0 Å². The quantitative estimate of drug-likeness (QED) is 0.496. The summed E-state index contributed by atoms with van der Waals surface area (Å²) in [5.74, 6) is 5.38. The van der Waals surface area contributed by atoms with Crippen LogP contribution in [-0.2, 0) is 0 Å². The van der Waals surface area contributed by atoms with E-state index in [2.05, 4.69) is 24.2 Å². The van der Waals surface area contributed by atoms with Gasteiger partial charge in [0.15, 0.2) is 0 Å². The molecule has 1 fully saturated rings. The van der Waals surface area contributed by atoms with Gasteiger partial charge in [-0.1, -0.05) is 13.0 Å². The number of hydrogen-bond donors (Lipinski definition) is 2. The van der Waals surface area contributed by atoms with E-state index in [0.717, 1.165) is 19.3 Å². The van der Waals surface area contributed by atoms with Crippen LogP contribution in [0.5, 0.6) is 0 Å². The molecule has 2 atom stereocenters. The van der Waals surface area contributed by atoms with Gasteiger partial charge in [0.1, 0.15) is 11.4 Å². The summed E-state index contributed by atoms with van der Waals surface area (Å²) in [5, 5.41) is 11.3. The van der Waals surface area contributed by atoms with Crippen LogP contribution in [0.3, 0.4) is 0 Å². The van der Waals surface area contributed by atoms with Gasteiger partial charge in [-0.05, 0) is 38.3 Å². The van der Waals surface area contributed by atoms with Gasteiger partial charge in [0, 0.05) is 12.1 Å². The Morgan fingerprint density at radius 2 is 2.26 bits per heavy atom. The minimum Gasteiger partial charge on any atom is -0.360 e. The largest absolute Gasteiger partial charge is 0.360 e. The number of nitro groups is 1. The van der Waals surface area contributed by atoms with Crippen molar-refractivity contribution in [1.29, 1.82) is 0 Å². The second kappa shape index (κ2) is 5.44. The number of nitrogens with one attached hydrogen (secondary N) is 1. The van der Waals surface area contributed by atoms with Crippen molar-refractivity contribution in [2.45, 2.75) is 45.2 Å². The zero-order valence-corrected chi connectivity index (χ0v) is 11.3. The highest BCUT2D eigenvalue weighted by Gasteiger charge is 2.34. The minimum atomic E-state index is -0.359. The minimum absolute atomic E-state index is 0.0669. The van der Waals surface area contributed by atoms with E-state index in [1.807, 2.05) is 6.07 Å². The van der Waals surface area contributed by atoms with Crippen molar-refractivity contribution in [2.24, 2.45) is 5.84 Å². The number of nitrogen functional groups attached to an aromatic ring is 1. The maximum atomic E-state index is 11.3. The molecule has 0 aromatic heterocycles. The first-order chi connectivity index (χ1) is 9.10. The summed E-state index contributed by atoms with van der Waals surface area (Å²) in [6.07, 6.45) is 3.13. The van der Waals surface area contributed by atoms with Gasteiger partial charge >= 0.3 is 5.69 Å². The van der Waals surface area contributed by atoms with Crippen molar-refractivity contribution in [3.8, 4) is 0 Å². The van der Waals surface area contributed by atoms with Gasteiger partial charge in [0.05, 0.1) is 4.92 Å². The molecule has 1 saturated heterocycles. The molecule has 2 unspecified atom stereocenters.